The average molecular weight is 375 g/mol. The van der Waals surface area contributed by atoms with E-state index in [1.807, 2.05) is 55.4 Å². The van der Waals surface area contributed by atoms with E-state index in [-0.39, 0.29) is 13.2 Å². The van der Waals surface area contributed by atoms with Gasteiger partial charge in [0.2, 0.25) is 0 Å². The van der Waals surface area contributed by atoms with Crippen molar-refractivity contribution in [2.24, 2.45) is 0 Å². The largest absolute Gasteiger partial charge is 0.464 e. The minimum atomic E-state index is -1.18. The van der Waals surface area contributed by atoms with Crippen LogP contribution in [-0.2, 0) is 28.5 Å². The second-order valence-corrected chi connectivity index (χ2v) is 8.34. The molecule has 0 aliphatic rings. The predicted octanol–water partition coefficient (Wildman–Crippen LogP) is 4.04. The molecule has 0 radical (unpaired) electrons. The molecule has 0 N–H and O–H groups in total. The van der Waals surface area contributed by atoms with E-state index in [2.05, 4.69) is 0 Å². The van der Waals surface area contributed by atoms with E-state index >= 15 is 0 Å². The first kappa shape index (κ1) is 24.9. The molecule has 0 saturated heterocycles. The number of hydrogen-bond acceptors (Lipinski definition) is 6. The molecule has 0 aliphatic carbocycles. The monoisotopic (exact) mass is 374 g/mol. The number of hydrogen-bond donors (Lipinski definition) is 0. The highest BCUT2D eigenvalue weighted by atomic mass is 16.6. The molecule has 0 aromatic heterocycles. The summed E-state index contributed by atoms with van der Waals surface area (Å²) in [6.07, 6.45) is 0.942. The molecule has 154 valence electrons. The van der Waals surface area contributed by atoms with Gasteiger partial charge in [0, 0.05) is 0 Å². The zero-order chi connectivity index (χ0) is 20.4. The first-order valence-electron chi connectivity index (χ1n) is 9.60. The highest BCUT2D eigenvalue weighted by Gasteiger charge is 2.42. The standard InChI is InChI=1S/C20H38O6/c1-9-11-13-23-17(21)15(25-19(3,4)5)16(26-20(6,7)8)18(22)24-14-12-10-2/h15-16H,9-14H2,1-8H3. The molecule has 0 spiro atoms. The van der Waals surface area contributed by atoms with Crippen LogP contribution in [0.4, 0.5) is 0 Å². The van der Waals surface area contributed by atoms with Crippen molar-refractivity contribution in [3.8, 4) is 0 Å². The summed E-state index contributed by atoms with van der Waals surface area (Å²) in [7, 11) is 0. The Morgan fingerprint density at radius 2 is 1.00 bits per heavy atom. The lowest BCUT2D eigenvalue weighted by atomic mass is 10.1. The number of ether oxygens (including phenoxy) is 4. The smallest absolute Gasteiger partial charge is 0.338 e. The molecule has 2 unspecified atom stereocenters. The van der Waals surface area contributed by atoms with Crippen LogP contribution in [0.2, 0.25) is 0 Å². The Morgan fingerprint density at radius 3 is 1.23 bits per heavy atom. The van der Waals surface area contributed by atoms with Gasteiger partial charge in [0.05, 0.1) is 24.4 Å². The van der Waals surface area contributed by atoms with Gasteiger partial charge >= 0.3 is 11.9 Å². The van der Waals surface area contributed by atoms with E-state index in [0.29, 0.717) is 0 Å². The van der Waals surface area contributed by atoms with Gasteiger partial charge in [-0.25, -0.2) is 9.59 Å². The maximum absolute atomic E-state index is 12.6. The van der Waals surface area contributed by atoms with Crippen molar-refractivity contribution in [2.45, 2.75) is 104 Å². The van der Waals surface area contributed by atoms with E-state index in [9.17, 15) is 9.59 Å². The molecule has 6 heteroatoms. The van der Waals surface area contributed by atoms with Gasteiger partial charge < -0.3 is 18.9 Å². The van der Waals surface area contributed by atoms with Crippen LogP contribution in [0.25, 0.3) is 0 Å². The first-order chi connectivity index (χ1) is 11.9. The maximum Gasteiger partial charge on any atom is 0.338 e. The van der Waals surface area contributed by atoms with Crippen molar-refractivity contribution < 1.29 is 28.5 Å². The number of carbonyl (C=O) groups is 2. The molecule has 0 aliphatic heterocycles. The van der Waals surface area contributed by atoms with Crippen LogP contribution >= 0.6 is 0 Å². The quantitative estimate of drug-likeness (QED) is 0.401. The van der Waals surface area contributed by atoms with Gasteiger partial charge in [0.1, 0.15) is 0 Å². The topological polar surface area (TPSA) is 71.1 Å². The molecule has 0 aromatic rings. The number of esters is 2. The summed E-state index contributed by atoms with van der Waals surface area (Å²) in [6, 6.07) is 0. The second-order valence-electron chi connectivity index (χ2n) is 8.34. The van der Waals surface area contributed by atoms with E-state index in [0.717, 1.165) is 25.7 Å². The van der Waals surface area contributed by atoms with Crippen molar-refractivity contribution >= 4 is 11.9 Å². The number of carbonyl (C=O) groups excluding carboxylic acids is 2. The summed E-state index contributed by atoms with van der Waals surface area (Å²) in [6.45, 7) is 15.5. The normalized spacial score (nSPS) is 14.6. The van der Waals surface area contributed by atoms with Crippen LogP contribution in [0.5, 0.6) is 0 Å². The minimum Gasteiger partial charge on any atom is -0.464 e. The maximum atomic E-state index is 12.6. The van der Waals surface area contributed by atoms with Gasteiger partial charge in [-0.05, 0) is 54.4 Å². The van der Waals surface area contributed by atoms with Gasteiger partial charge in [-0.2, -0.15) is 0 Å². The molecule has 26 heavy (non-hydrogen) atoms. The Labute approximate surface area is 158 Å². The summed E-state index contributed by atoms with van der Waals surface area (Å²) < 4.78 is 22.4. The first-order valence-corrected chi connectivity index (χ1v) is 9.60. The summed E-state index contributed by atoms with van der Waals surface area (Å²) in [5, 5.41) is 0. The molecular weight excluding hydrogens is 336 g/mol. The molecule has 6 nitrogen and oxygen atoms in total. The van der Waals surface area contributed by atoms with Gasteiger partial charge in [-0.15, -0.1) is 0 Å². The Kier molecular flexibility index (Phi) is 11.0. The molecule has 0 amide bonds. The lowest BCUT2D eigenvalue weighted by molar-refractivity contribution is -0.206. The summed E-state index contributed by atoms with van der Waals surface area (Å²) in [5.41, 5.74) is -1.31. The zero-order valence-corrected chi connectivity index (χ0v) is 17.8. The highest BCUT2D eigenvalue weighted by Crippen LogP contribution is 2.22. The van der Waals surface area contributed by atoms with E-state index in [1.54, 1.807) is 0 Å². The zero-order valence-electron chi connectivity index (χ0n) is 17.8. The third kappa shape index (κ3) is 11.5. The Bertz CT molecular complexity index is 379. The molecule has 0 bridgehead atoms. The Balaban J connectivity index is 5.45. The van der Waals surface area contributed by atoms with Crippen molar-refractivity contribution in [2.75, 3.05) is 13.2 Å². The predicted molar refractivity (Wildman–Crippen MR) is 101 cm³/mol. The van der Waals surface area contributed by atoms with Crippen LogP contribution in [0.1, 0.15) is 81.1 Å². The molecular formula is C20H38O6. The summed E-state index contributed by atoms with van der Waals surface area (Å²) >= 11 is 0. The van der Waals surface area contributed by atoms with Crippen LogP contribution in [0, 0.1) is 0 Å². The van der Waals surface area contributed by atoms with Gasteiger partial charge in [0.15, 0.2) is 12.2 Å². The van der Waals surface area contributed by atoms with Crippen LogP contribution in [-0.4, -0.2) is 48.6 Å². The Hall–Kier alpha value is -1.14. The van der Waals surface area contributed by atoms with Crippen molar-refractivity contribution in [3.05, 3.63) is 0 Å². The summed E-state index contributed by atoms with van der Waals surface area (Å²) in [5.74, 6) is -1.20. The molecule has 0 heterocycles. The lowest BCUT2D eigenvalue weighted by Crippen LogP contribution is -2.51. The molecule has 0 rings (SSSR count). The van der Waals surface area contributed by atoms with E-state index < -0.39 is 35.3 Å². The second kappa shape index (κ2) is 11.5. The van der Waals surface area contributed by atoms with Crippen molar-refractivity contribution in [1.29, 1.82) is 0 Å². The lowest BCUT2D eigenvalue weighted by Gasteiger charge is -2.34. The minimum absolute atomic E-state index is 0.284. The van der Waals surface area contributed by atoms with Crippen molar-refractivity contribution in [1.82, 2.24) is 0 Å². The SMILES string of the molecule is CCCCOC(=O)C(OC(C)(C)C)C(OC(C)(C)C)C(=O)OCCCC. The van der Waals surface area contributed by atoms with Gasteiger partial charge in [0.25, 0.3) is 0 Å². The van der Waals surface area contributed by atoms with Crippen LogP contribution in [0.15, 0.2) is 0 Å². The van der Waals surface area contributed by atoms with Gasteiger partial charge in [-0.3, -0.25) is 0 Å². The molecule has 0 aromatic carbocycles. The fraction of sp³-hybridized carbons (Fsp3) is 0.900. The highest BCUT2D eigenvalue weighted by molar-refractivity contribution is 5.85. The van der Waals surface area contributed by atoms with Crippen LogP contribution in [0.3, 0.4) is 0 Å². The fourth-order valence-corrected chi connectivity index (χ4v) is 2.03. The third-order valence-electron chi connectivity index (χ3n) is 3.19. The van der Waals surface area contributed by atoms with E-state index in [1.165, 1.54) is 0 Å². The van der Waals surface area contributed by atoms with Crippen LogP contribution < -0.4 is 0 Å². The molecule has 2 atom stereocenters. The van der Waals surface area contributed by atoms with Gasteiger partial charge in [-0.1, -0.05) is 26.7 Å². The number of rotatable bonds is 11. The third-order valence-corrected chi connectivity index (χ3v) is 3.19. The number of unbranched alkanes of at least 4 members (excludes halogenated alkanes) is 2. The van der Waals surface area contributed by atoms with Crippen molar-refractivity contribution in [3.63, 3.8) is 0 Å². The molecule has 0 fully saturated rings. The summed E-state index contributed by atoms with van der Waals surface area (Å²) in [4.78, 5) is 25.2. The Morgan fingerprint density at radius 1 is 0.692 bits per heavy atom. The fourth-order valence-electron chi connectivity index (χ4n) is 2.03. The van der Waals surface area contributed by atoms with E-state index in [4.69, 9.17) is 18.9 Å². The average Bonchev–Trinajstić information content (AvgIpc) is 2.49. The molecule has 0 saturated carbocycles.